The Labute approximate surface area is 255 Å². The van der Waals surface area contributed by atoms with Gasteiger partial charge in [-0.15, -0.1) is 0 Å². The number of halogens is 4. The Hall–Kier alpha value is -3.20. The molecule has 2 aromatic carbocycles. The zero-order valence-electron chi connectivity index (χ0n) is 23.4. The van der Waals surface area contributed by atoms with E-state index in [1.54, 1.807) is 18.6 Å². The van der Waals surface area contributed by atoms with Crippen LogP contribution in [0.4, 0.5) is 36.3 Å². The van der Waals surface area contributed by atoms with E-state index in [4.69, 9.17) is 0 Å². The monoisotopic (exact) mass is 661 g/mol. The third-order valence-corrected chi connectivity index (χ3v) is 8.34. The maximum atomic E-state index is 13.8. The highest BCUT2D eigenvalue weighted by molar-refractivity contribution is 9.10. The van der Waals surface area contributed by atoms with Crippen LogP contribution in [0.15, 0.2) is 53.4 Å². The Kier molecular flexibility index (Phi) is 9.35. The summed E-state index contributed by atoms with van der Waals surface area (Å²) in [6.07, 6.45) is 2.42. The number of piperazine rings is 1. The molecule has 3 heterocycles. The van der Waals surface area contributed by atoms with Crippen molar-refractivity contribution in [2.75, 3.05) is 61.5 Å². The molecule has 0 amide bonds. The average molecular weight is 663 g/mol. The van der Waals surface area contributed by atoms with E-state index in [0.29, 0.717) is 28.0 Å². The number of aromatic nitrogens is 4. The number of nitrogens with zero attached hydrogens (tertiary/aromatic N) is 7. The Morgan fingerprint density at radius 1 is 1.02 bits per heavy atom. The van der Waals surface area contributed by atoms with Gasteiger partial charge in [0.25, 0.3) is 0 Å². The summed E-state index contributed by atoms with van der Waals surface area (Å²) in [4.78, 5) is 22.3. The summed E-state index contributed by atoms with van der Waals surface area (Å²) in [5.74, 6) is 0.769. The molecular weight excluding hydrogens is 631 g/mol. The molecule has 14 heteroatoms. The minimum Gasteiger partial charge on any atom is -0.350 e. The number of rotatable bonds is 9. The summed E-state index contributed by atoms with van der Waals surface area (Å²) in [5, 5.41) is 6.46. The van der Waals surface area contributed by atoms with Crippen molar-refractivity contribution in [3.8, 4) is 0 Å². The highest BCUT2D eigenvalue weighted by atomic mass is 79.9. The van der Waals surface area contributed by atoms with Gasteiger partial charge in [0.1, 0.15) is 11.3 Å². The van der Waals surface area contributed by atoms with Gasteiger partial charge in [0, 0.05) is 71.2 Å². The Bertz CT molecular complexity index is 1550. The summed E-state index contributed by atoms with van der Waals surface area (Å²) in [5.41, 5.74) is 3.58. The molecule has 42 heavy (non-hydrogen) atoms. The molecule has 222 valence electrons. The molecule has 1 saturated heterocycles. The molecule has 2 aromatic heterocycles. The molecule has 0 bridgehead atoms. The summed E-state index contributed by atoms with van der Waals surface area (Å²) in [7, 11) is 3.99. The minimum absolute atomic E-state index is 0.132. The molecule has 4 aromatic rings. The smallest absolute Gasteiger partial charge is 0.350 e. The maximum Gasteiger partial charge on any atom is 0.416 e. The topological polar surface area (TPSA) is 85.3 Å². The van der Waals surface area contributed by atoms with Crippen LogP contribution in [-0.2, 0) is 19.3 Å². The second-order valence-electron chi connectivity index (χ2n) is 10.0. The number of benzene rings is 2. The lowest BCUT2D eigenvalue weighted by atomic mass is 10.0. The van der Waals surface area contributed by atoms with Gasteiger partial charge < -0.3 is 19.8 Å². The van der Waals surface area contributed by atoms with E-state index in [2.05, 4.69) is 63.3 Å². The standard InChI is InChI=1S/C28H31BrF3N9S/c1-39-8-10-41(11-9-39)17-19-12-18(13-20(14-19)28(30,31)32)15-35-27-36-16-21(29)26(38-27)37-23-5-4-22-24(34-7-6-33-22)25(23)40(2)42-3/h4-7,12-14,16H,8-11,15,17H2,1-3H3,(H2,35,36,37,38). The predicted octanol–water partition coefficient (Wildman–Crippen LogP) is 6.02. The molecule has 1 aliphatic heterocycles. The lowest BCUT2D eigenvalue weighted by molar-refractivity contribution is -0.137. The summed E-state index contributed by atoms with van der Waals surface area (Å²) < 4.78 is 43.9. The lowest BCUT2D eigenvalue weighted by Crippen LogP contribution is -2.43. The molecular formula is C28H31BrF3N9S. The normalized spacial score (nSPS) is 14.7. The summed E-state index contributed by atoms with van der Waals surface area (Å²) >= 11 is 5.04. The number of hydrogen-bond acceptors (Lipinski definition) is 10. The van der Waals surface area contributed by atoms with Gasteiger partial charge in [-0.1, -0.05) is 18.0 Å². The van der Waals surface area contributed by atoms with Crippen molar-refractivity contribution in [1.82, 2.24) is 29.7 Å². The van der Waals surface area contributed by atoms with Crippen LogP contribution in [0.1, 0.15) is 16.7 Å². The average Bonchev–Trinajstić information content (AvgIpc) is 2.97. The van der Waals surface area contributed by atoms with E-state index in [1.807, 2.05) is 35.8 Å². The van der Waals surface area contributed by atoms with Gasteiger partial charge in [0.2, 0.25) is 5.95 Å². The van der Waals surface area contributed by atoms with Crippen molar-refractivity contribution in [2.24, 2.45) is 0 Å². The van der Waals surface area contributed by atoms with Crippen molar-refractivity contribution < 1.29 is 13.2 Å². The van der Waals surface area contributed by atoms with Crippen LogP contribution in [0.2, 0.25) is 0 Å². The molecule has 1 aliphatic rings. The fourth-order valence-electron chi connectivity index (χ4n) is 4.77. The van der Waals surface area contributed by atoms with E-state index < -0.39 is 11.7 Å². The van der Waals surface area contributed by atoms with Gasteiger partial charge in [0.15, 0.2) is 0 Å². The van der Waals surface area contributed by atoms with Crippen LogP contribution in [0.25, 0.3) is 11.0 Å². The van der Waals surface area contributed by atoms with Gasteiger partial charge in [-0.05, 0) is 58.4 Å². The number of hydrogen-bond donors (Lipinski definition) is 2. The first-order valence-electron chi connectivity index (χ1n) is 13.3. The summed E-state index contributed by atoms with van der Waals surface area (Å²) in [6, 6.07) is 8.03. The molecule has 0 atom stereocenters. The van der Waals surface area contributed by atoms with Crippen LogP contribution < -0.4 is 14.9 Å². The molecule has 0 radical (unpaired) electrons. The second-order valence-corrected chi connectivity index (χ2v) is 11.8. The molecule has 0 unspecified atom stereocenters. The molecule has 0 saturated carbocycles. The van der Waals surface area contributed by atoms with Crippen molar-refractivity contribution in [1.29, 1.82) is 0 Å². The zero-order valence-corrected chi connectivity index (χ0v) is 25.8. The minimum atomic E-state index is -4.44. The number of fused-ring (bicyclic) bond motifs is 1. The first kappa shape index (κ1) is 30.3. The van der Waals surface area contributed by atoms with E-state index in [1.165, 1.54) is 24.1 Å². The molecule has 1 fully saturated rings. The number of nitrogens with one attached hydrogen (secondary N) is 2. The van der Waals surface area contributed by atoms with E-state index in [-0.39, 0.29) is 12.5 Å². The first-order chi connectivity index (χ1) is 20.1. The van der Waals surface area contributed by atoms with Gasteiger partial charge in [-0.2, -0.15) is 18.2 Å². The third kappa shape index (κ3) is 7.22. The van der Waals surface area contributed by atoms with Crippen LogP contribution >= 0.6 is 27.9 Å². The van der Waals surface area contributed by atoms with Gasteiger partial charge >= 0.3 is 6.18 Å². The van der Waals surface area contributed by atoms with Crippen molar-refractivity contribution in [3.05, 3.63) is 70.1 Å². The predicted molar refractivity (Wildman–Crippen MR) is 166 cm³/mol. The van der Waals surface area contributed by atoms with Crippen molar-refractivity contribution >= 4 is 62.1 Å². The second kappa shape index (κ2) is 13.0. The SMILES string of the molecule is CSN(C)c1c(Nc2nc(NCc3cc(CN4CCN(C)CC4)cc(C(F)(F)F)c3)ncc2Br)ccc2nccnc12. The highest BCUT2D eigenvalue weighted by Crippen LogP contribution is 2.37. The lowest BCUT2D eigenvalue weighted by Gasteiger charge is -2.32. The number of anilines is 4. The summed E-state index contributed by atoms with van der Waals surface area (Å²) in [6.45, 7) is 4.03. The Morgan fingerprint density at radius 2 is 1.76 bits per heavy atom. The van der Waals surface area contributed by atoms with E-state index >= 15 is 0 Å². The zero-order chi connectivity index (χ0) is 29.9. The fraction of sp³-hybridized carbons (Fsp3) is 0.357. The molecule has 5 rings (SSSR count). The molecule has 0 spiro atoms. The first-order valence-corrected chi connectivity index (χ1v) is 15.2. The van der Waals surface area contributed by atoms with Gasteiger partial charge in [0.05, 0.1) is 26.9 Å². The van der Waals surface area contributed by atoms with Crippen molar-refractivity contribution in [2.45, 2.75) is 19.3 Å². The quantitative estimate of drug-likeness (QED) is 0.208. The van der Waals surface area contributed by atoms with Gasteiger partial charge in [-0.25, -0.2) is 4.98 Å². The molecule has 0 aliphatic carbocycles. The Morgan fingerprint density at radius 3 is 2.50 bits per heavy atom. The third-order valence-electron chi connectivity index (χ3n) is 7.03. The molecule has 9 nitrogen and oxygen atoms in total. The van der Waals surface area contributed by atoms with Gasteiger partial charge in [-0.3, -0.25) is 14.9 Å². The largest absolute Gasteiger partial charge is 0.416 e. The highest BCUT2D eigenvalue weighted by Gasteiger charge is 2.31. The van der Waals surface area contributed by atoms with Crippen LogP contribution in [0.5, 0.6) is 0 Å². The van der Waals surface area contributed by atoms with Crippen molar-refractivity contribution in [3.63, 3.8) is 0 Å². The fourth-order valence-corrected chi connectivity index (χ4v) is 5.42. The van der Waals surface area contributed by atoms with Crippen LogP contribution in [-0.4, -0.2) is 76.3 Å². The van der Waals surface area contributed by atoms with Crippen LogP contribution in [0.3, 0.4) is 0 Å². The number of alkyl halides is 3. The Balaban J connectivity index is 1.37. The van der Waals surface area contributed by atoms with E-state index in [0.717, 1.165) is 48.6 Å². The number of likely N-dealkylation sites (N-methyl/N-ethyl adjacent to an activating group) is 1. The molecule has 2 N–H and O–H groups in total. The van der Waals surface area contributed by atoms with E-state index in [9.17, 15) is 13.2 Å². The maximum absolute atomic E-state index is 13.8. The van der Waals surface area contributed by atoms with Crippen LogP contribution in [0, 0.1) is 0 Å².